The summed E-state index contributed by atoms with van der Waals surface area (Å²) in [6.45, 7) is 0. The third-order valence-electron chi connectivity index (χ3n) is 3.16. The lowest BCUT2D eigenvalue weighted by molar-refractivity contribution is 0.0972. The summed E-state index contributed by atoms with van der Waals surface area (Å²) in [7, 11) is 1.50. The fourth-order valence-corrected chi connectivity index (χ4v) is 2.71. The number of para-hydroxylation sites is 1. The fraction of sp³-hybridized carbons (Fsp3) is 0.0667. The first-order valence-corrected chi connectivity index (χ1v) is 7.57. The Morgan fingerprint density at radius 3 is 2.87 bits per heavy atom. The first-order chi connectivity index (χ1) is 11.1. The summed E-state index contributed by atoms with van der Waals surface area (Å²) in [6.07, 6.45) is 0. The van der Waals surface area contributed by atoms with E-state index in [1.807, 2.05) is 18.2 Å². The summed E-state index contributed by atoms with van der Waals surface area (Å²) < 4.78 is 5.83. The normalized spacial score (nSPS) is 11.6. The summed E-state index contributed by atoms with van der Waals surface area (Å²) >= 11 is 1.35. The molecular formula is C15H15N5O2S. The summed E-state index contributed by atoms with van der Waals surface area (Å²) in [5.41, 5.74) is 12.3. The van der Waals surface area contributed by atoms with Crippen LogP contribution in [-0.2, 0) is 0 Å². The van der Waals surface area contributed by atoms with E-state index in [0.29, 0.717) is 21.5 Å². The number of nitrogens with zero attached hydrogens (tertiary/aromatic N) is 1. The number of benzene rings is 1. The van der Waals surface area contributed by atoms with Crippen molar-refractivity contribution in [2.45, 2.75) is 0 Å². The van der Waals surface area contributed by atoms with Gasteiger partial charge in [-0.1, -0.05) is 23.5 Å². The van der Waals surface area contributed by atoms with Crippen LogP contribution in [0.5, 0.6) is 10.8 Å². The van der Waals surface area contributed by atoms with Gasteiger partial charge in [0.2, 0.25) is 0 Å². The topological polar surface area (TPSA) is 119 Å². The minimum absolute atomic E-state index is 0.0548. The van der Waals surface area contributed by atoms with Gasteiger partial charge >= 0.3 is 0 Å². The predicted molar refractivity (Wildman–Crippen MR) is 92.1 cm³/mol. The summed E-state index contributed by atoms with van der Waals surface area (Å²) in [5.74, 6) is 0.301. The molecule has 118 valence electrons. The van der Waals surface area contributed by atoms with Crippen LogP contribution >= 0.6 is 11.3 Å². The zero-order chi connectivity index (χ0) is 16.4. The van der Waals surface area contributed by atoms with Gasteiger partial charge in [0.05, 0.1) is 10.5 Å². The first kappa shape index (κ1) is 14.9. The Bertz CT molecular complexity index is 896. The van der Waals surface area contributed by atoms with E-state index in [0.717, 1.165) is 10.9 Å². The molecule has 0 saturated carbocycles. The molecule has 0 aliphatic carbocycles. The van der Waals surface area contributed by atoms with E-state index in [2.05, 4.69) is 15.3 Å². The van der Waals surface area contributed by atoms with Gasteiger partial charge in [0, 0.05) is 12.4 Å². The minimum atomic E-state index is -0.365. The van der Waals surface area contributed by atoms with Crippen molar-refractivity contribution in [2.75, 3.05) is 12.8 Å². The molecule has 3 rings (SSSR count). The molecule has 0 bridgehead atoms. The van der Waals surface area contributed by atoms with E-state index >= 15 is 0 Å². The average Bonchev–Trinajstić information content (AvgIpc) is 3.14. The molecule has 2 heterocycles. The second-order valence-corrected chi connectivity index (χ2v) is 5.80. The maximum Gasteiger partial charge on any atom is 0.274 e. The Morgan fingerprint density at radius 1 is 1.35 bits per heavy atom. The average molecular weight is 329 g/mol. The Balaban J connectivity index is 1.93. The number of thiophene rings is 1. The predicted octanol–water partition coefficient (Wildman–Crippen LogP) is 2.28. The number of aromatic amines is 1. The Kier molecular flexibility index (Phi) is 3.90. The van der Waals surface area contributed by atoms with Crippen LogP contribution in [0, 0.1) is 0 Å². The summed E-state index contributed by atoms with van der Waals surface area (Å²) in [5, 5.41) is 4.69. The highest BCUT2D eigenvalue weighted by molar-refractivity contribution is 7.17. The molecule has 7 nitrogen and oxygen atoms in total. The number of aromatic nitrogens is 1. The quantitative estimate of drug-likeness (QED) is 0.435. The number of hydrogen-bond donors (Lipinski definition) is 4. The van der Waals surface area contributed by atoms with E-state index < -0.39 is 0 Å². The van der Waals surface area contributed by atoms with Crippen LogP contribution in [-0.4, -0.2) is 23.9 Å². The molecule has 0 radical (unpaired) electrons. The highest BCUT2D eigenvalue weighted by atomic mass is 32.1. The number of carbonyl (C=O) groups excluding carboxylic acids is 1. The van der Waals surface area contributed by atoms with Gasteiger partial charge in [-0.3, -0.25) is 15.1 Å². The molecule has 6 N–H and O–H groups in total. The van der Waals surface area contributed by atoms with E-state index in [9.17, 15) is 4.79 Å². The SMILES string of the molecule is CN=C(N)NC(=O)c1cc2cccc(Oc3ccc(N)s3)c2[nH]1. The van der Waals surface area contributed by atoms with Gasteiger partial charge in [-0.15, -0.1) is 0 Å². The van der Waals surface area contributed by atoms with Gasteiger partial charge in [-0.25, -0.2) is 0 Å². The number of guanidine groups is 1. The third-order valence-corrected chi connectivity index (χ3v) is 3.95. The van der Waals surface area contributed by atoms with Crippen LogP contribution < -0.4 is 21.5 Å². The van der Waals surface area contributed by atoms with Gasteiger partial charge in [0.1, 0.15) is 5.69 Å². The van der Waals surface area contributed by atoms with Gasteiger partial charge in [-0.2, -0.15) is 0 Å². The fourth-order valence-electron chi connectivity index (χ4n) is 2.07. The second-order valence-electron chi connectivity index (χ2n) is 4.73. The largest absolute Gasteiger partial charge is 0.444 e. The number of ether oxygens (including phenoxy) is 1. The van der Waals surface area contributed by atoms with Crippen LogP contribution in [0.25, 0.3) is 10.9 Å². The second kappa shape index (κ2) is 6.01. The van der Waals surface area contributed by atoms with E-state index in [1.54, 1.807) is 18.2 Å². The molecule has 8 heteroatoms. The van der Waals surface area contributed by atoms with Crippen LogP contribution in [0.4, 0.5) is 5.00 Å². The molecule has 0 aliphatic heterocycles. The molecule has 0 unspecified atom stereocenters. The van der Waals surface area contributed by atoms with Gasteiger partial charge in [0.15, 0.2) is 16.8 Å². The monoisotopic (exact) mass is 329 g/mol. The summed E-state index contributed by atoms with van der Waals surface area (Å²) in [4.78, 5) is 18.8. The van der Waals surface area contributed by atoms with Crippen molar-refractivity contribution in [1.29, 1.82) is 0 Å². The van der Waals surface area contributed by atoms with Crippen LogP contribution in [0.2, 0.25) is 0 Å². The zero-order valence-corrected chi connectivity index (χ0v) is 13.1. The lowest BCUT2D eigenvalue weighted by atomic mass is 10.2. The highest BCUT2D eigenvalue weighted by Gasteiger charge is 2.13. The zero-order valence-electron chi connectivity index (χ0n) is 12.3. The van der Waals surface area contributed by atoms with Gasteiger partial charge in [0.25, 0.3) is 5.91 Å². The molecule has 2 aromatic heterocycles. The van der Waals surface area contributed by atoms with Crippen molar-refractivity contribution >= 4 is 39.1 Å². The van der Waals surface area contributed by atoms with E-state index in [4.69, 9.17) is 16.2 Å². The number of nitrogens with one attached hydrogen (secondary N) is 2. The lowest BCUT2D eigenvalue weighted by Crippen LogP contribution is -2.36. The number of aliphatic imine (C=N–C) groups is 1. The van der Waals surface area contributed by atoms with E-state index in [1.165, 1.54) is 18.4 Å². The number of H-pyrrole nitrogens is 1. The molecule has 0 saturated heterocycles. The first-order valence-electron chi connectivity index (χ1n) is 6.75. The molecule has 0 aliphatic rings. The third kappa shape index (κ3) is 3.11. The maximum absolute atomic E-state index is 12.1. The van der Waals surface area contributed by atoms with Crippen LogP contribution in [0.1, 0.15) is 10.5 Å². The Morgan fingerprint density at radius 2 is 2.17 bits per heavy atom. The molecule has 1 aromatic carbocycles. The number of amides is 1. The van der Waals surface area contributed by atoms with Crippen molar-refractivity contribution in [2.24, 2.45) is 10.7 Å². The molecule has 0 atom stereocenters. The van der Waals surface area contributed by atoms with Crippen molar-refractivity contribution < 1.29 is 9.53 Å². The highest BCUT2D eigenvalue weighted by Crippen LogP contribution is 2.34. The Hall–Kier alpha value is -3.00. The number of fused-ring (bicyclic) bond motifs is 1. The van der Waals surface area contributed by atoms with E-state index in [-0.39, 0.29) is 11.9 Å². The summed E-state index contributed by atoms with van der Waals surface area (Å²) in [6, 6.07) is 10.9. The number of nitrogen functional groups attached to an aromatic ring is 1. The maximum atomic E-state index is 12.1. The number of carbonyl (C=O) groups is 1. The lowest BCUT2D eigenvalue weighted by Gasteiger charge is -2.04. The smallest absolute Gasteiger partial charge is 0.274 e. The molecule has 1 amide bonds. The minimum Gasteiger partial charge on any atom is -0.444 e. The number of nitrogens with two attached hydrogens (primary N) is 2. The standard InChI is InChI=1S/C15H15N5O2S/c1-18-15(17)20-14(21)9-7-8-3-2-4-10(13(8)19-9)22-12-6-5-11(16)23-12/h2-7,19H,16H2,1H3,(H3,17,18,20,21). The van der Waals surface area contributed by atoms with Crippen molar-refractivity contribution in [3.63, 3.8) is 0 Å². The van der Waals surface area contributed by atoms with Gasteiger partial charge in [-0.05, 0) is 24.3 Å². The van der Waals surface area contributed by atoms with Crippen molar-refractivity contribution in [3.05, 3.63) is 42.1 Å². The molecule has 3 aromatic rings. The van der Waals surface area contributed by atoms with Crippen LogP contribution in [0.3, 0.4) is 0 Å². The molecule has 23 heavy (non-hydrogen) atoms. The van der Waals surface area contributed by atoms with Crippen LogP contribution in [0.15, 0.2) is 41.4 Å². The number of hydrogen-bond acceptors (Lipinski definition) is 5. The number of anilines is 1. The van der Waals surface area contributed by atoms with Crippen molar-refractivity contribution in [3.8, 4) is 10.8 Å². The molecule has 0 fully saturated rings. The Labute approximate surface area is 136 Å². The van der Waals surface area contributed by atoms with Crippen molar-refractivity contribution in [1.82, 2.24) is 10.3 Å². The molecular weight excluding hydrogens is 314 g/mol. The van der Waals surface area contributed by atoms with Gasteiger partial charge < -0.3 is 21.2 Å². The molecule has 0 spiro atoms. The number of rotatable bonds is 3.